The van der Waals surface area contributed by atoms with E-state index in [1.165, 1.54) is 30.3 Å². The van der Waals surface area contributed by atoms with Crippen LogP contribution in [0.5, 0.6) is 5.75 Å². The van der Waals surface area contributed by atoms with E-state index in [2.05, 4.69) is 25.3 Å². The molecule has 34 heavy (non-hydrogen) atoms. The summed E-state index contributed by atoms with van der Waals surface area (Å²) in [6.07, 6.45) is 7.56. The Hall–Kier alpha value is -4.61. The van der Waals surface area contributed by atoms with Gasteiger partial charge in [0.25, 0.3) is 5.91 Å². The number of rotatable bonds is 8. The molecule has 0 aromatic carbocycles. The van der Waals surface area contributed by atoms with E-state index >= 15 is 0 Å². The number of carbonyl (C=O) groups is 1. The molecule has 0 saturated carbocycles. The number of hydrogen-bond acceptors (Lipinski definition) is 9. The topological polar surface area (TPSA) is 151 Å². The number of anilines is 1. The van der Waals surface area contributed by atoms with Crippen LogP contribution in [0.15, 0.2) is 58.4 Å². The zero-order valence-corrected chi connectivity index (χ0v) is 18.1. The maximum Gasteiger partial charge on any atom is 0.347 e. The van der Waals surface area contributed by atoms with Gasteiger partial charge >= 0.3 is 5.69 Å². The Morgan fingerprint density at radius 1 is 1.21 bits per heavy atom. The van der Waals surface area contributed by atoms with Gasteiger partial charge < -0.3 is 20.2 Å². The van der Waals surface area contributed by atoms with Gasteiger partial charge in [0.2, 0.25) is 5.76 Å². The summed E-state index contributed by atoms with van der Waals surface area (Å²) >= 11 is 0. The van der Waals surface area contributed by atoms with E-state index in [1.54, 1.807) is 24.5 Å². The van der Waals surface area contributed by atoms with Crippen LogP contribution in [0.4, 0.5) is 10.1 Å². The van der Waals surface area contributed by atoms with Crippen molar-refractivity contribution in [3.63, 3.8) is 0 Å². The molecule has 4 aromatic rings. The lowest BCUT2D eigenvalue weighted by Crippen LogP contribution is -2.23. The predicted octanol–water partition coefficient (Wildman–Crippen LogP) is 1.32. The molecule has 0 spiro atoms. The fraction of sp³-hybridized carbons (Fsp3) is 0.182. The van der Waals surface area contributed by atoms with Crippen molar-refractivity contribution < 1.29 is 18.3 Å². The first kappa shape index (κ1) is 22.6. The minimum absolute atomic E-state index is 0.0288. The molecule has 4 aromatic heterocycles. The number of nitrogen functional groups attached to an aromatic ring is 1. The average molecular weight is 465 g/mol. The van der Waals surface area contributed by atoms with Crippen molar-refractivity contribution in [2.75, 3.05) is 12.8 Å². The van der Waals surface area contributed by atoms with E-state index in [4.69, 9.17) is 14.9 Å². The molecular weight excluding hydrogens is 445 g/mol. The molecule has 0 saturated heterocycles. The van der Waals surface area contributed by atoms with Gasteiger partial charge in [0.1, 0.15) is 0 Å². The van der Waals surface area contributed by atoms with Crippen molar-refractivity contribution in [3.8, 4) is 5.75 Å². The number of nitrogens with one attached hydrogen (secondary N) is 1. The van der Waals surface area contributed by atoms with Crippen LogP contribution in [0, 0.1) is 5.82 Å². The Balaban J connectivity index is 1.35. The van der Waals surface area contributed by atoms with Crippen LogP contribution in [0.1, 0.15) is 33.4 Å². The molecule has 0 radical (unpaired) electrons. The number of pyridine rings is 2. The fourth-order valence-corrected chi connectivity index (χ4v) is 3.11. The van der Waals surface area contributed by atoms with Crippen LogP contribution >= 0.6 is 0 Å². The zero-order chi connectivity index (χ0) is 24.1. The molecule has 11 nitrogen and oxygen atoms in total. The van der Waals surface area contributed by atoms with Crippen LogP contribution in [0.2, 0.25) is 0 Å². The molecule has 174 valence electrons. The molecule has 0 fully saturated rings. The molecule has 4 rings (SSSR count). The van der Waals surface area contributed by atoms with Gasteiger partial charge in [-0.1, -0.05) is 6.07 Å². The Morgan fingerprint density at radius 2 is 2.06 bits per heavy atom. The van der Waals surface area contributed by atoms with E-state index in [1.807, 2.05) is 6.07 Å². The number of amides is 1. The molecule has 0 aliphatic rings. The normalized spacial score (nSPS) is 10.8. The minimum Gasteiger partial charge on any atom is -0.491 e. The van der Waals surface area contributed by atoms with Crippen LogP contribution in [0.3, 0.4) is 0 Å². The van der Waals surface area contributed by atoms with Gasteiger partial charge in [-0.05, 0) is 17.7 Å². The standard InChI is InChI=1S/C22H20FN7O4/c1-33-20-15(24)9-27-16(19(20)23)10-29-21(31)17-11-28-18(34-17)7-13-3-4-14(26-8-13)12-30-6-2-5-25-22(30)32/h2-6,8-9,11H,7,10,12,24H2,1H3,(H,29,31). The summed E-state index contributed by atoms with van der Waals surface area (Å²) < 4.78 is 26.2. The molecule has 12 heteroatoms. The summed E-state index contributed by atoms with van der Waals surface area (Å²) in [6.45, 7) is 0.106. The highest BCUT2D eigenvalue weighted by atomic mass is 19.1. The first-order valence-electron chi connectivity index (χ1n) is 10.1. The van der Waals surface area contributed by atoms with E-state index < -0.39 is 11.7 Å². The number of nitrogens with two attached hydrogens (primary N) is 1. The molecule has 0 unspecified atom stereocenters. The van der Waals surface area contributed by atoms with Crippen LogP contribution < -0.4 is 21.5 Å². The second-order valence-corrected chi connectivity index (χ2v) is 7.17. The number of ether oxygens (including phenoxy) is 1. The van der Waals surface area contributed by atoms with Gasteiger partial charge in [0, 0.05) is 18.6 Å². The second kappa shape index (κ2) is 9.90. The monoisotopic (exact) mass is 465 g/mol. The minimum atomic E-state index is -0.745. The van der Waals surface area contributed by atoms with Gasteiger partial charge in [-0.2, -0.15) is 0 Å². The number of carbonyl (C=O) groups excluding carboxylic acids is 1. The molecule has 0 aliphatic carbocycles. The van der Waals surface area contributed by atoms with Gasteiger partial charge in [-0.3, -0.25) is 19.3 Å². The summed E-state index contributed by atoms with van der Waals surface area (Å²) in [4.78, 5) is 40.1. The van der Waals surface area contributed by atoms with Gasteiger partial charge in [0.15, 0.2) is 17.5 Å². The Kier molecular flexibility index (Phi) is 6.57. The lowest BCUT2D eigenvalue weighted by molar-refractivity contribution is 0.0920. The van der Waals surface area contributed by atoms with Gasteiger partial charge in [0.05, 0.1) is 56.1 Å². The Morgan fingerprint density at radius 3 is 2.79 bits per heavy atom. The molecule has 0 atom stereocenters. The summed E-state index contributed by atoms with van der Waals surface area (Å²) in [7, 11) is 1.29. The molecule has 4 heterocycles. The van der Waals surface area contributed by atoms with Crippen molar-refractivity contribution in [2.45, 2.75) is 19.5 Å². The first-order valence-corrected chi connectivity index (χ1v) is 10.1. The maximum atomic E-state index is 14.3. The molecule has 1 amide bonds. The second-order valence-electron chi connectivity index (χ2n) is 7.17. The average Bonchev–Trinajstić information content (AvgIpc) is 3.30. The van der Waals surface area contributed by atoms with E-state index in [9.17, 15) is 14.0 Å². The van der Waals surface area contributed by atoms with Crippen LogP contribution in [-0.2, 0) is 19.5 Å². The van der Waals surface area contributed by atoms with Crippen LogP contribution in [-0.4, -0.2) is 37.5 Å². The quantitative estimate of drug-likeness (QED) is 0.392. The first-order chi connectivity index (χ1) is 16.4. The van der Waals surface area contributed by atoms with E-state index in [0.29, 0.717) is 24.6 Å². The number of oxazole rings is 1. The molecular formula is C22H20FN7O4. The number of nitrogens with zero attached hydrogens (tertiary/aromatic N) is 5. The lowest BCUT2D eigenvalue weighted by atomic mass is 10.2. The van der Waals surface area contributed by atoms with Gasteiger partial charge in [-0.25, -0.2) is 19.2 Å². The van der Waals surface area contributed by atoms with Crippen LogP contribution in [0.25, 0.3) is 0 Å². The Bertz CT molecular complexity index is 1370. The molecule has 0 aliphatic heterocycles. The molecule has 3 N–H and O–H groups in total. The van der Waals surface area contributed by atoms with Crippen molar-refractivity contribution in [1.29, 1.82) is 0 Å². The fourth-order valence-electron chi connectivity index (χ4n) is 3.11. The number of methoxy groups -OCH3 is 1. The summed E-state index contributed by atoms with van der Waals surface area (Å²) in [5.74, 6) is -1.18. The lowest BCUT2D eigenvalue weighted by Gasteiger charge is -2.09. The summed E-state index contributed by atoms with van der Waals surface area (Å²) in [6, 6.07) is 5.29. The van der Waals surface area contributed by atoms with E-state index in [0.717, 1.165) is 5.56 Å². The third-order valence-electron chi connectivity index (χ3n) is 4.83. The largest absolute Gasteiger partial charge is 0.491 e. The highest BCUT2D eigenvalue weighted by molar-refractivity contribution is 5.91. The zero-order valence-electron chi connectivity index (χ0n) is 18.1. The summed E-state index contributed by atoms with van der Waals surface area (Å²) in [5.41, 5.74) is 6.77. The highest BCUT2D eigenvalue weighted by Crippen LogP contribution is 2.25. The third kappa shape index (κ3) is 5.06. The van der Waals surface area contributed by atoms with E-state index in [-0.39, 0.29) is 35.1 Å². The van der Waals surface area contributed by atoms with Crippen molar-refractivity contribution in [3.05, 3.63) is 94.1 Å². The predicted molar refractivity (Wildman–Crippen MR) is 117 cm³/mol. The smallest absolute Gasteiger partial charge is 0.347 e. The number of aromatic nitrogens is 5. The molecule has 0 bridgehead atoms. The third-order valence-corrected chi connectivity index (χ3v) is 4.83. The van der Waals surface area contributed by atoms with Crippen molar-refractivity contribution in [1.82, 2.24) is 29.8 Å². The highest BCUT2D eigenvalue weighted by Gasteiger charge is 2.17. The summed E-state index contributed by atoms with van der Waals surface area (Å²) in [5, 5.41) is 2.52. The van der Waals surface area contributed by atoms with Gasteiger partial charge in [-0.15, -0.1) is 0 Å². The van der Waals surface area contributed by atoms with Crippen molar-refractivity contribution >= 4 is 11.6 Å². The Labute approximate surface area is 192 Å². The number of halogens is 1. The van der Waals surface area contributed by atoms with Crippen molar-refractivity contribution in [2.24, 2.45) is 0 Å². The number of hydrogen-bond donors (Lipinski definition) is 2. The maximum absolute atomic E-state index is 14.3. The SMILES string of the molecule is COc1c(N)cnc(CNC(=O)c2cnc(Cc3ccc(Cn4cccnc4=O)nc3)o2)c1F.